The van der Waals surface area contributed by atoms with Gasteiger partial charge in [0.2, 0.25) is 0 Å². The third-order valence-corrected chi connectivity index (χ3v) is 6.12. The normalized spacial score (nSPS) is 12.8. The number of carbonyl (C=O) groups is 2. The van der Waals surface area contributed by atoms with Crippen molar-refractivity contribution in [2.75, 3.05) is 25.2 Å². The standard InChI is InChI=1S/C25H24N2O8/c1-15-19-7-6-18(33-2)13-22(19)35-25(30)20(15)8-10-24(29)34-14-23(28)26-11-3-4-16-12-17(27(31)32)5-9-21(16)26/h5-7,9,12-13H,3-4,8,10-11,14H2,1-2H3. The summed E-state index contributed by atoms with van der Waals surface area (Å²) in [4.78, 5) is 49.5. The smallest absolute Gasteiger partial charge is 0.339 e. The Kier molecular flexibility index (Phi) is 6.81. The number of ether oxygens (including phenoxy) is 2. The van der Waals surface area contributed by atoms with Crippen molar-refractivity contribution in [1.82, 2.24) is 0 Å². The Hall–Kier alpha value is -4.21. The van der Waals surface area contributed by atoms with E-state index in [9.17, 15) is 24.5 Å². The van der Waals surface area contributed by atoms with Gasteiger partial charge in [-0.05, 0) is 55.5 Å². The molecule has 35 heavy (non-hydrogen) atoms. The third kappa shape index (κ3) is 5.01. The van der Waals surface area contributed by atoms with E-state index in [0.29, 0.717) is 53.1 Å². The molecule has 1 amide bonds. The van der Waals surface area contributed by atoms with Crippen molar-refractivity contribution in [3.05, 3.63) is 73.6 Å². The van der Waals surface area contributed by atoms with Gasteiger partial charge < -0.3 is 18.8 Å². The van der Waals surface area contributed by atoms with Gasteiger partial charge in [0.1, 0.15) is 11.3 Å². The molecule has 0 bridgehead atoms. The molecular weight excluding hydrogens is 456 g/mol. The Morgan fingerprint density at radius 1 is 1.20 bits per heavy atom. The van der Waals surface area contributed by atoms with E-state index in [-0.39, 0.29) is 18.5 Å². The molecule has 1 aromatic heterocycles. The molecule has 182 valence electrons. The van der Waals surface area contributed by atoms with Gasteiger partial charge in [-0.1, -0.05) is 0 Å². The molecule has 0 unspecified atom stereocenters. The second-order valence-electron chi connectivity index (χ2n) is 8.23. The fraction of sp³-hybridized carbons (Fsp3) is 0.320. The highest BCUT2D eigenvalue weighted by Gasteiger charge is 2.25. The van der Waals surface area contributed by atoms with Crippen molar-refractivity contribution in [3.8, 4) is 5.75 Å². The Morgan fingerprint density at radius 2 is 2.00 bits per heavy atom. The average Bonchev–Trinajstić information content (AvgIpc) is 2.85. The molecule has 0 N–H and O–H groups in total. The van der Waals surface area contributed by atoms with Crippen LogP contribution in [0.4, 0.5) is 11.4 Å². The minimum atomic E-state index is -0.618. The Labute approximate surface area is 200 Å². The molecule has 2 aromatic carbocycles. The molecule has 10 heteroatoms. The van der Waals surface area contributed by atoms with Gasteiger partial charge in [-0.15, -0.1) is 0 Å². The molecule has 0 atom stereocenters. The molecule has 1 aliphatic rings. The van der Waals surface area contributed by atoms with Crippen LogP contribution in [-0.2, 0) is 27.2 Å². The number of anilines is 1. The van der Waals surface area contributed by atoms with Crippen LogP contribution in [0.15, 0.2) is 45.6 Å². The summed E-state index contributed by atoms with van der Waals surface area (Å²) in [7, 11) is 1.52. The van der Waals surface area contributed by atoms with Gasteiger partial charge in [-0.25, -0.2) is 4.79 Å². The van der Waals surface area contributed by atoms with Crippen LogP contribution in [0.1, 0.15) is 29.5 Å². The molecular formula is C25H24N2O8. The Balaban J connectivity index is 1.38. The van der Waals surface area contributed by atoms with E-state index in [0.717, 1.165) is 5.39 Å². The van der Waals surface area contributed by atoms with E-state index in [1.807, 2.05) is 0 Å². The van der Waals surface area contributed by atoms with Crippen LogP contribution in [0.2, 0.25) is 0 Å². The summed E-state index contributed by atoms with van der Waals surface area (Å²) >= 11 is 0. The van der Waals surface area contributed by atoms with Gasteiger partial charge in [-0.3, -0.25) is 19.7 Å². The monoisotopic (exact) mass is 480 g/mol. The summed E-state index contributed by atoms with van der Waals surface area (Å²) in [6.45, 7) is 1.76. The molecule has 10 nitrogen and oxygen atoms in total. The lowest BCUT2D eigenvalue weighted by Crippen LogP contribution is -2.38. The number of esters is 1. The molecule has 4 rings (SSSR count). The van der Waals surface area contributed by atoms with E-state index in [1.165, 1.54) is 24.1 Å². The number of carbonyl (C=O) groups excluding carboxylic acids is 2. The lowest BCUT2D eigenvalue weighted by atomic mass is 10.0. The number of hydrogen-bond acceptors (Lipinski definition) is 8. The summed E-state index contributed by atoms with van der Waals surface area (Å²) in [6.07, 6.45) is 1.29. The lowest BCUT2D eigenvalue weighted by Gasteiger charge is -2.29. The molecule has 3 aromatic rings. The summed E-state index contributed by atoms with van der Waals surface area (Å²) in [5.74, 6) is -0.466. The third-order valence-electron chi connectivity index (χ3n) is 6.12. The maximum absolute atomic E-state index is 12.7. The van der Waals surface area contributed by atoms with Crippen molar-refractivity contribution in [2.24, 2.45) is 0 Å². The van der Waals surface area contributed by atoms with E-state index in [4.69, 9.17) is 13.9 Å². The number of rotatable bonds is 7. The predicted octanol–water partition coefficient (Wildman–Crippen LogP) is 3.47. The molecule has 2 heterocycles. The average molecular weight is 480 g/mol. The summed E-state index contributed by atoms with van der Waals surface area (Å²) in [5, 5.41) is 11.8. The van der Waals surface area contributed by atoms with E-state index in [1.54, 1.807) is 31.2 Å². The molecule has 1 aliphatic heterocycles. The van der Waals surface area contributed by atoms with Gasteiger partial charge in [-0.2, -0.15) is 0 Å². The van der Waals surface area contributed by atoms with Crippen LogP contribution < -0.4 is 15.3 Å². The number of nitro groups is 1. The maximum atomic E-state index is 12.7. The van der Waals surface area contributed by atoms with Crippen LogP contribution in [-0.4, -0.2) is 37.1 Å². The zero-order chi connectivity index (χ0) is 25.1. The van der Waals surface area contributed by atoms with Crippen LogP contribution >= 0.6 is 0 Å². The number of non-ortho nitro benzene ring substituents is 1. The van der Waals surface area contributed by atoms with Crippen molar-refractivity contribution < 1.29 is 28.4 Å². The minimum absolute atomic E-state index is 0.0305. The molecule has 0 fully saturated rings. The first-order valence-electron chi connectivity index (χ1n) is 11.1. The van der Waals surface area contributed by atoms with Gasteiger partial charge >= 0.3 is 11.6 Å². The van der Waals surface area contributed by atoms with Crippen molar-refractivity contribution in [3.63, 3.8) is 0 Å². The van der Waals surface area contributed by atoms with Crippen molar-refractivity contribution in [1.29, 1.82) is 0 Å². The highest BCUT2D eigenvalue weighted by Crippen LogP contribution is 2.30. The summed E-state index contributed by atoms with van der Waals surface area (Å²) in [5.41, 5.74) is 2.21. The topological polar surface area (TPSA) is 129 Å². The van der Waals surface area contributed by atoms with Crippen LogP contribution in [0.3, 0.4) is 0 Å². The minimum Gasteiger partial charge on any atom is -0.497 e. The fourth-order valence-electron chi connectivity index (χ4n) is 4.27. The van der Waals surface area contributed by atoms with Gasteiger partial charge in [0.15, 0.2) is 6.61 Å². The quantitative estimate of drug-likeness (QED) is 0.218. The number of nitrogens with zero attached hydrogens (tertiary/aromatic N) is 2. The second-order valence-corrected chi connectivity index (χ2v) is 8.23. The van der Waals surface area contributed by atoms with Gasteiger partial charge in [0.25, 0.3) is 11.6 Å². The number of amides is 1. The predicted molar refractivity (Wildman–Crippen MR) is 127 cm³/mol. The molecule has 0 spiro atoms. The van der Waals surface area contributed by atoms with Crippen LogP contribution in [0.5, 0.6) is 5.75 Å². The number of benzene rings is 2. The number of methoxy groups -OCH3 is 1. The van der Waals surface area contributed by atoms with E-state index in [2.05, 4.69) is 0 Å². The highest BCUT2D eigenvalue weighted by atomic mass is 16.6. The van der Waals surface area contributed by atoms with Gasteiger partial charge in [0, 0.05) is 47.8 Å². The van der Waals surface area contributed by atoms with Crippen molar-refractivity contribution >= 4 is 34.2 Å². The summed E-state index contributed by atoms with van der Waals surface area (Å²) < 4.78 is 15.7. The first kappa shape index (κ1) is 23.9. The number of fused-ring (bicyclic) bond motifs is 2. The zero-order valence-electron chi connectivity index (χ0n) is 19.4. The Morgan fingerprint density at radius 3 is 2.74 bits per heavy atom. The maximum Gasteiger partial charge on any atom is 0.339 e. The van der Waals surface area contributed by atoms with Crippen molar-refractivity contribution in [2.45, 2.75) is 32.6 Å². The van der Waals surface area contributed by atoms with E-state index >= 15 is 0 Å². The van der Waals surface area contributed by atoms with Crippen LogP contribution in [0.25, 0.3) is 11.0 Å². The first-order valence-corrected chi connectivity index (χ1v) is 11.1. The molecule has 0 saturated heterocycles. The summed E-state index contributed by atoms with van der Waals surface area (Å²) in [6, 6.07) is 9.54. The molecule has 0 saturated carbocycles. The number of nitro benzene ring substituents is 1. The number of hydrogen-bond donors (Lipinski definition) is 0. The number of aryl methyl sites for hydroxylation is 2. The SMILES string of the molecule is COc1ccc2c(C)c(CCC(=O)OCC(=O)N3CCCc4cc([N+](=O)[O-])ccc43)c(=O)oc2c1. The second kappa shape index (κ2) is 9.96. The van der Waals surface area contributed by atoms with Gasteiger partial charge in [0.05, 0.1) is 12.0 Å². The zero-order valence-corrected chi connectivity index (χ0v) is 19.4. The molecule has 0 radical (unpaired) electrons. The molecule has 0 aliphatic carbocycles. The Bertz CT molecular complexity index is 1380. The lowest BCUT2D eigenvalue weighted by molar-refractivity contribution is -0.384. The fourth-order valence-corrected chi connectivity index (χ4v) is 4.27. The highest BCUT2D eigenvalue weighted by molar-refractivity contribution is 5.96. The van der Waals surface area contributed by atoms with Crippen LogP contribution in [0, 0.1) is 17.0 Å². The largest absolute Gasteiger partial charge is 0.497 e. The first-order chi connectivity index (χ1) is 16.8. The van der Waals surface area contributed by atoms with E-state index < -0.39 is 29.0 Å².